The maximum atomic E-state index is 12.7. The number of amides is 2. The summed E-state index contributed by atoms with van der Waals surface area (Å²) in [6, 6.07) is 3.36. The number of nitrogens with zero attached hydrogens (tertiary/aromatic N) is 2. The Morgan fingerprint density at radius 1 is 1.09 bits per heavy atom. The molecule has 1 aromatic rings. The number of rotatable bonds is 14. The van der Waals surface area contributed by atoms with Crippen molar-refractivity contribution in [1.82, 2.24) is 15.2 Å². The zero-order chi connectivity index (χ0) is 25.0. The fraction of sp³-hybridized carbons (Fsp3) is 0.667. The van der Waals surface area contributed by atoms with Crippen molar-refractivity contribution < 1.29 is 33.3 Å². The zero-order valence-electron chi connectivity index (χ0n) is 20.6. The summed E-state index contributed by atoms with van der Waals surface area (Å²) in [7, 11) is 1.71. The van der Waals surface area contributed by atoms with Gasteiger partial charge < -0.3 is 29.2 Å². The van der Waals surface area contributed by atoms with Gasteiger partial charge in [-0.3, -0.25) is 19.4 Å². The Hall–Kier alpha value is -2.56. The van der Waals surface area contributed by atoms with Gasteiger partial charge in [0.25, 0.3) is 0 Å². The highest BCUT2D eigenvalue weighted by atomic mass is 16.6. The number of esters is 1. The number of aromatic nitrogens is 1. The first kappa shape index (κ1) is 27.7. The lowest BCUT2D eigenvalue weighted by atomic mass is 9.94. The van der Waals surface area contributed by atoms with Crippen molar-refractivity contribution in [2.75, 3.05) is 53.2 Å². The molecule has 1 saturated heterocycles. The van der Waals surface area contributed by atoms with Crippen LogP contribution in [0.15, 0.2) is 24.5 Å². The standard InChI is InChI=1S/C24H37N3O7/c1-24(2,3)34-21(29)7-10-31-12-14-33-15-13-32-11-9-26-23(30)19-16-20(28)27(4)22(19)18-6-5-8-25-17-18/h5-6,8,17,19,22H,7,9-16H2,1-4H3,(H,26,30)/t19-,22+/m0/s1. The highest BCUT2D eigenvalue weighted by molar-refractivity contribution is 5.90. The van der Waals surface area contributed by atoms with Crippen LogP contribution in [0.1, 0.15) is 45.2 Å². The predicted molar refractivity (Wildman–Crippen MR) is 124 cm³/mol. The van der Waals surface area contributed by atoms with Crippen molar-refractivity contribution in [2.45, 2.75) is 45.3 Å². The van der Waals surface area contributed by atoms with E-state index < -0.39 is 11.5 Å². The van der Waals surface area contributed by atoms with Crippen LogP contribution in [0, 0.1) is 5.92 Å². The van der Waals surface area contributed by atoms with Gasteiger partial charge in [0.2, 0.25) is 11.8 Å². The summed E-state index contributed by atoms with van der Waals surface area (Å²) in [5.74, 6) is -0.973. The first-order valence-corrected chi connectivity index (χ1v) is 11.6. The van der Waals surface area contributed by atoms with E-state index in [1.807, 2.05) is 26.8 Å². The van der Waals surface area contributed by atoms with E-state index in [0.29, 0.717) is 46.2 Å². The monoisotopic (exact) mass is 479 g/mol. The van der Waals surface area contributed by atoms with Crippen LogP contribution in [-0.2, 0) is 33.3 Å². The first-order chi connectivity index (χ1) is 16.2. The molecule has 0 aliphatic carbocycles. The molecule has 10 nitrogen and oxygen atoms in total. The molecule has 2 heterocycles. The molecule has 0 aromatic carbocycles. The third-order valence-corrected chi connectivity index (χ3v) is 5.11. The lowest BCUT2D eigenvalue weighted by Gasteiger charge is -2.24. The van der Waals surface area contributed by atoms with E-state index in [-0.39, 0.29) is 36.7 Å². The van der Waals surface area contributed by atoms with Crippen LogP contribution >= 0.6 is 0 Å². The maximum Gasteiger partial charge on any atom is 0.308 e. The second-order valence-corrected chi connectivity index (χ2v) is 9.01. The smallest absolute Gasteiger partial charge is 0.308 e. The normalized spacial score (nSPS) is 18.2. The Labute approximate surface area is 201 Å². The first-order valence-electron chi connectivity index (χ1n) is 11.6. The third-order valence-electron chi connectivity index (χ3n) is 5.11. The fourth-order valence-electron chi connectivity index (χ4n) is 3.58. The quantitative estimate of drug-likeness (QED) is 0.315. The summed E-state index contributed by atoms with van der Waals surface area (Å²) >= 11 is 0. The van der Waals surface area contributed by atoms with Gasteiger partial charge in [-0.05, 0) is 32.4 Å². The van der Waals surface area contributed by atoms with Crippen LogP contribution in [0.2, 0.25) is 0 Å². The Morgan fingerprint density at radius 3 is 2.35 bits per heavy atom. The molecule has 190 valence electrons. The molecule has 0 radical (unpaired) electrons. The van der Waals surface area contributed by atoms with E-state index in [9.17, 15) is 14.4 Å². The second kappa shape index (κ2) is 14.0. The molecule has 1 fully saturated rings. The number of likely N-dealkylation sites (tertiary alicyclic amines) is 1. The minimum atomic E-state index is -0.489. The molecule has 34 heavy (non-hydrogen) atoms. The van der Waals surface area contributed by atoms with E-state index in [4.69, 9.17) is 18.9 Å². The molecule has 0 bridgehead atoms. The molecule has 0 saturated carbocycles. The molecule has 1 aliphatic heterocycles. The highest BCUT2D eigenvalue weighted by Crippen LogP contribution is 2.36. The van der Waals surface area contributed by atoms with Crippen LogP contribution in [0.4, 0.5) is 0 Å². The summed E-state index contributed by atoms with van der Waals surface area (Å²) in [5, 5.41) is 2.85. The predicted octanol–water partition coefficient (Wildman–Crippen LogP) is 1.50. The van der Waals surface area contributed by atoms with Gasteiger partial charge in [-0.1, -0.05) is 6.07 Å². The van der Waals surface area contributed by atoms with Crippen LogP contribution in [0.3, 0.4) is 0 Å². The average Bonchev–Trinajstić information content (AvgIpc) is 3.08. The van der Waals surface area contributed by atoms with Gasteiger partial charge in [-0.2, -0.15) is 0 Å². The Kier molecular flexibility index (Phi) is 11.4. The Balaban J connectivity index is 1.50. The van der Waals surface area contributed by atoms with Gasteiger partial charge in [0, 0.05) is 32.4 Å². The second-order valence-electron chi connectivity index (χ2n) is 9.01. The number of hydrogen-bond acceptors (Lipinski definition) is 8. The number of pyridine rings is 1. The van der Waals surface area contributed by atoms with Crippen molar-refractivity contribution in [1.29, 1.82) is 0 Å². The Bertz CT molecular complexity index is 783. The molecule has 0 unspecified atom stereocenters. The third kappa shape index (κ3) is 9.74. The Morgan fingerprint density at radius 2 is 1.74 bits per heavy atom. The van der Waals surface area contributed by atoms with E-state index in [2.05, 4.69) is 10.3 Å². The molecule has 1 aliphatic rings. The van der Waals surface area contributed by atoms with Gasteiger partial charge in [-0.25, -0.2) is 0 Å². The van der Waals surface area contributed by atoms with E-state index >= 15 is 0 Å². The number of carbonyl (C=O) groups is 3. The van der Waals surface area contributed by atoms with E-state index in [0.717, 1.165) is 5.56 Å². The molecule has 2 amide bonds. The van der Waals surface area contributed by atoms with Gasteiger partial charge >= 0.3 is 5.97 Å². The van der Waals surface area contributed by atoms with Crippen LogP contribution in [-0.4, -0.2) is 86.5 Å². The largest absolute Gasteiger partial charge is 0.460 e. The van der Waals surface area contributed by atoms with Gasteiger partial charge in [0.15, 0.2) is 0 Å². The molecule has 2 atom stereocenters. The van der Waals surface area contributed by atoms with Crippen molar-refractivity contribution in [3.63, 3.8) is 0 Å². The average molecular weight is 480 g/mol. The fourth-order valence-corrected chi connectivity index (χ4v) is 3.58. The van der Waals surface area contributed by atoms with Crippen LogP contribution < -0.4 is 5.32 Å². The minimum Gasteiger partial charge on any atom is -0.460 e. The van der Waals surface area contributed by atoms with Crippen LogP contribution in [0.25, 0.3) is 0 Å². The molecular weight excluding hydrogens is 442 g/mol. The van der Waals surface area contributed by atoms with E-state index in [1.165, 1.54) is 0 Å². The molecule has 2 rings (SSSR count). The van der Waals surface area contributed by atoms with Gasteiger partial charge in [0.05, 0.1) is 58.0 Å². The summed E-state index contributed by atoms with van der Waals surface area (Å²) in [4.78, 5) is 42.1. The molecule has 0 spiro atoms. The van der Waals surface area contributed by atoms with Gasteiger partial charge in [0.1, 0.15) is 5.60 Å². The molecular formula is C24H37N3O7. The summed E-state index contributed by atoms with van der Waals surface area (Å²) in [5.41, 5.74) is 0.357. The highest BCUT2D eigenvalue weighted by Gasteiger charge is 2.42. The number of ether oxygens (including phenoxy) is 4. The van der Waals surface area contributed by atoms with E-state index in [1.54, 1.807) is 30.4 Å². The molecule has 10 heteroatoms. The SMILES string of the molecule is CN1C(=O)C[C@H](C(=O)NCCOCCOCCOCCC(=O)OC(C)(C)C)[C@H]1c1cccnc1. The van der Waals surface area contributed by atoms with Crippen molar-refractivity contribution >= 4 is 17.8 Å². The van der Waals surface area contributed by atoms with Crippen molar-refractivity contribution in [3.8, 4) is 0 Å². The van der Waals surface area contributed by atoms with Crippen LogP contribution in [0.5, 0.6) is 0 Å². The summed E-state index contributed by atoms with van der Waals surface area (Å²) < 4.78 is 21.4. The zero-order valence-corrected chi connectivity index (χ0v) is 20.6. The minimum absolute atomic E-state index is 0.0591. The lowest BCUT2D eigenvalue weighted by Crippen LogP contribution is -2.36. The summed E-state index contributed by atoms with van der Waals surface area (Å²) in [6.45, 7) is 8.01. The molecule has 1 N–H and O–H groups in total. The topological polar surface area (TPSA) is 116 Å². The number of carbonyl (C=O) groups excluding carboxylic acids is 3. The van der Waals surface area contributed by atoms with Crippen molar-refractivity contribution in [3.05, 3.63) is 30.1 Å². The van der Waals surface area contributed by atoms with Crippen molar-refractivity contribution in [2.24, 2.45) is 5.92 Å². The number of nitrogens with one attached hydrogen (secondary N) is 1. The summed E-state index contributed by atoms with van der Waals surface area (Å²) in [6.07, 6.45) is 3.74. The maximum absolute atomic E-state index is 12.7. The number of hydrogen-bond donors (Lipinski definition) is 1. The van der Waals surface area contributed by atoms with Gasteiger partial charge in [-0.15, -0.1) is 0 Å². The lowest BCUT2D eigenvalue weighted by molar-refractivity contribution is -0.156. The molecule has 1 aromatic heterocycles.